The number of ether oxygens (including phenoxy) is 1. The van der Waals surface area contributed by atoms with E-state index in [0.29, 0.717) is 28.8 Å². The van der Waals surface area contributed by atoms with Crippen LogP contribution in [-0.2, 0) is 9.53 Å². The van der Waals surface area contributed by atoms with E-state index in [2.05, 4.69) is 0 Å². The van der Waals surface area contributed by atoms with Gasteiger partial charge in [-0.15, -0.1) is 0 Å². The highest BCUT2D eigenvalue weighted by molar-refractivity contribution is 6.42. The van der Waals surface area contributed by atoms with Gasteiger partial charge >= 0.3 is 0 Å². The highest BCUT2D eigenvalue weighted by Crippen LogP contribution is 2.27. The van der Waals surface area contributed by atoms with Crippen LogP contribution in [0.25, 0.3) is 0 Å². The summed E-state index contributed by atoms with van der Waals surface area (Å²) in [5.41, 5.74) is 0.563. The average Bonchev–Trinajstić information content (AvgIpc) is 2.35. The van der Waals surface area contributed by atoms with Crippen molar-refractivity contribution in [1.82, 2.24) is 0 Å². The summed E-state index contributed by atoms with van der Waals surface area (Å²) in [6.07, 6.45) is 0.215. The number of halogens is 2. The van der Waals surface area contributed by atoms with Gasteiger partial charge in [0, 0.05) is 13.0 Å². The minimum atomic E-state index is -0.819. The van der Waals surface area contributed by atoms with E-state index in [9.17, 15) is 4.79 Å². The molecule has 0 fully saturated rings. The van der Waals surface area contributed by atoms with Crippen molar-refractivity contribution >= 4 is 29.0 Å². The largest absolute Gasteiger partial charge is 0.381 e. The van der Waals surface area contributed by atoms with Crippen LogP contribution in [0.4, 0.5) is 0 Å². The Balaban J connectivity index is 2.80. The Morgan fingerprint density at radius 2 is 2.17 bits per heavy atom. The van der Waals surface area contributed by atoms with Gasteiger partial charge in [-0.1, -0.05) is 29.3 Å². The maximum Gasteiger partial charge on any atom is 0.156 e. The molecule has 0 saturated carbocycles. The number of Topliss-reactive ketones (excluding diaryl/α,β-unsaturated/α-hetero) is 1. The molecule has 1 atom stereocenters. The molecule has 3 nitrogen and oxygen atoms in total. The van der Waals surface area contributed by atoms with Crippen LogP contribution in [-0.4, -0.2) is 19.0 Å². The summed E-state index contributed by atoms with van der Waals surface area (Å²) >= 11 is 11.7. The van der Waals surface area contributed by atoms with Crippen LogP contribution in [0.1, 0.15) is 24.8 Å². The molecule has 0 saturated heterocycles. The summed E-state index contributed by atoms with van der Waals surface area (Å²) in [7, 11) is 0. The summed E-state index contributed by atoms with van der Waals surface area (Å²) in [6, 6.07) is 6.76. The Bertz CT molecular complexity index is 469. The first-order chi connectivity index (χ1) is 8.60. The molecule has 0 spiro atoms. The Labute approximate surface area is 116 Å². The van der Waals surface area contributed by atoms with E-state index in [-0.39, 0.29) is 12.2 Å². The first-order valence-electron chi connectivity index (χ1n) is 5.55. The molecular formula is C13H13Cl2NO2. The van der Waals surface area contributed by atoms with Crippen LogP contribution >= 0.6 is 23.2 Å². The molecular weight excluding hydrogens is 273 g/mol. The third-order valence-electron chi connectivity index (χ3n) is 2.42. The summed E-state index contributed by atoms with van der Waals surface area (Å²) in [6.45, 7) is 2.73. The van der Waals surface area contributed by atoms with Gasteiger partial charge < -0.3 is 4.74 Å². The van der Waals surface area contributed by atoms with Gasteiger partial charge in [0.25, 0.3) is 0 Å². The Kier molecular flexibility index (Phi) is 6.14. The van der Waals surface area contributed by atoms with Crippen LogP contribution in [0.3, 0.4) is 0 Å². The SMILES string of the molecule is CCOCCC(=O)C(C#N)c1ccc(Cl)c(Cl)c1. The number of hydrogen-bond donors (Lipinski definition) is 0. The molecule has 1 aromatic rings. The molecule has 0 heterocycles. The van der Waals surface area contributed by atoms with Crippen molar-refractivity contribution in [2.24, 2.45) is 0 Å². The fourth-order valence-corrected chi connectivity index (χ4v) is 1.79. The van der Waals surface area contributed by atoms with Crippen molar-refractivity contribution in [2.45, 2.75) is 19.3 Å². The quantitative estimate of drug-likeness (QED) is 0.751. The average molecular weight is 286 g/mol. The second kappa shape index (κ2) is 7.38. The zero-order valence-corrected chi connectivity index (χ0v) is 11.5. The molecule has 0 radical (unpaired) electrons. The standard InChI is InChI=1S/C13H13Cl2NO2/c1-2-18-6-5-13(17)10(8-16)9-3-4-11(14)12(15)7-9/h3-4,7,10H,2,5-6H2,1H3. The number of nitriles is 1. The molecule has 0 aliphatic carbocycles. The predicted molar refractivity (Wildman–Crippen MR) is 70.9 cm³/mol. The molecule has 0 aliphatic heterocycles. The van der Waals surface area contributed by atoms with Gasteiger partial charge in [0.2, 0.25) is 0 Å². The van der Waals surface area contributed by atoms with Crippen LogP contribution in [0.15, 0.2) is 18.2 Å². The summed E-state index contributed by atoms with van der Waals surface area (Å²) in [5.74, 6) is -0.996. The van der Waals surface area contributed by atoms with Crippen molar-refractivity contribution in [3.63, 3.8) is 0 Å². The molecule has 1 rings (SSSR count). The van der Waals surface area contributed by atoms with Gasteiger partial charge in [-0.2, -0.15) is 5.26 Å². The van der Waals surface area contributed by atoms with Crippen molar-refractivity contribution in [3.8, 4) is 6.07 Å². The van der Waals surface area contributed by atoms with Crippen LogP contribution in [0.5, 0.6) is 0 Å². The Morgan fingerprint density at radius 3 is 2.72 bits per heavy atom. The van der Waals surface area contributed by atoms with E-state index in [4.69, 9.17) is 33.2 Å². The molecule has 1 unspecified atom stereocenters. The molecule has 96 valence electrons. The minimum absolute atomic E-state index is 0.177. The Morgan fingerprint density at radius 1 is 1.44 bits per heavy atom. The van der Waals surface area contributed by atoms with Crippen LogP contribution in [0, 0.1) is 11.3 Å². The monoisotopic (exact) mass is 285 g/mol. The van der Waals surface area contributed by atoms with Gasteiger partial charge in [-0.3, -0.25) is 4.79 Å². The minimum Gasteiger partial charge on any atom is -0.381 e. The first kappa shape index (κ1) is 15.0. The first-order valence-corrected chi connectivity index (χ1v) is 6.30. The number of rotatable bonds is 6. The highest BCUT2D eigenvalue weighted by atomic mass is 35.5. The van der Waals surface area contributed by atoms with E-state index in [0.717, 1.165) is 0 Å². The zero-order chi connectivity index (χ0) is 13.5. The third-order valence-corrected chi connectivity index (χ3v) is 3.16. The molecule has 0 aromatic heterocycles. The molecule has 0 N–H and O–H groups in total. The topological polar surface area (TPSA) is 50.1 Å². The van der Waals surface area contributed by atoms with Crippen molar-refractivity contribution < 1.29 is 9.53 Å². The molecule has 0 amide bonds. The van der Waals surface area contributed by atoms with Crippen LogP contribution < -0.4 is 0 Å². The lowest BCUT2D eigenvalue weighted by Gasteiger charge is -2.09. The fourth-order valence-electron chi connectivity index (χ4n) is 1.49. The van der Waals surface area contributed by atoms with E-state index in [1.165, 1.54) is 0 Å². The smallest absolute Gasteiger partial charge is 0.156 e. The molecule has 0 aliphatic rings. The number of carbonyl (C=O) groups excluding carboxylic acids is 1. The number of benzene rings is 1. The molecule has 5 heteroatoms. The summed E-state index contributed by atoms with van der Waals surface area (Å²) in [5, 5.41) is 9.82. The van der Waals surface area contributed by atoms with Crippen molar-refractivity contribution in [2.75, 3.05) is 13.2 Å². The van der Waals surface area contributed by atoms with E-state index in [1.54, 1.807) is 18.2 Å². The predicted octanol–water partition coefficient (Wildman–Crippen LogP) is 3.60. The van der Waals surface area contributed by atoms with E-state index < -0.39 is 5.92 Å². The zero-order valence-electron chi connectivity index (χ0n) is 9.95. The maximum absolute atomic E-state index is 11.9. The van der Waals surface area contributed by atoms with Gasteiger partial charge in [-0.25, -0.2) is 0 Å². The summed E-state index contributed by atoms with van der Waals surface area (Å²) < 4.78 is 5.10. The van der Waals surface area contributed by atoms with Crippen LogP contribution in [0.2, 0.25) is 10.0 Å². The van der Waals surface area contributed by atoms with Gasteiger partial charge in [0.1, 0.15) is 5.92 Å². The van der Waals surface area contributed by atoms with Gasteiger partial charge in [-0.05, 0) is 24.6 Å². The van der Waals surface area contributed by atoms with Crippen molar-refractivity contribution in [3.05, 3.63) is 33.8 Å². The lowest BCUT2D eigenvalue weighted by Crippen LogP contribution is -2.13. The number of carbonyl (C=O) groups is 1. The van der Waals surface area contributed by atoms with Crippen molar-refractivity contribution in [1.29, 1.82) is 5.26 Å². The second-order valence-electron chi connectivity index (χ2n) is 3.65. The fraction of sp³-hybridized carbons (Fsp3) is 0.385. The molecule has 18 heavy (non-hydrogen) atoms. The summed E-state index contributed by atoms with van der Waals surface area (Å²) in [4.78, 5) is 11.9. The lowest BCUT2D eigenvalue weighted by molar-refractivity contribution is -0.120. The number of ketones is 1. The highest BCUT2D eigenvalue weighted by Gasteiger charge is 2.20. The normalized spacial score (nSPS) is 11.9. The second-order valence-corrected chi connectivity index (χ2v) is 4.46. The lowest BCUT2D eigenvalue weighted by atomic mass is 9.94. The van der Waals surface area contributed by atoms with E-state index in [1.807, 2.05) is 13.0 Å². The Hall–Kier alpha value is -1.08. The third kappa shape index (κ3) is 3.99. The molecule has 0 bridgehead atoms. The van der Waals surface area contributed by atoms with E-state index >= 15 is 0 Å². The van der Waals surface area contributed by atoms with Gasteiger partial charge in [0.15, 0.2) is 5.78 Å². The number of nitrogens with zero attached hydrogens (tertiary/aromatic N) is 1. The number of hydrogen-bond acceptors (Lipinski definition) is 3. The maximum atomic E-state index is 11.9. The van der Waals surface area contributed by atoms with Gasteiger partial charge in [0.05, 0.1) is 22.7 Å². The molecule has 1 aromatic carbocycles.